The monoisotopic (exact) mass is 661 g/mol. The Kier molecular flexibility index (Phi) is 6.51. The Morgan fingerprint density at radius 3 is 2.80 bits per heavy atom. The number of nitrogens with two attached hydrogens (primary N) is 1. The summed E-state index contributed by atoms with van der Waals surface area (Å²) in [6, 6.07) is 0. The third-order valence-corrected chi connectivity index (χ3v) is 8.55. The predicted molar refractivity (Wildman–Crippen MR) is 148 cm³/mol. The van der Waals surface area contributed by atoms with E-state index in [1.54, 1.807) is 11.1 Å². The van der Waals surface area contributed by atoms with Gasteiger partial charge in [0.15, 0.2) is 0 Å². The molecule has 3 aromatic rings. The van der Waals surface area contributed by atoms with Gasteiger partial charge in [0.2, 0.25) is 0 Å². The molecule has 238 valence electrons. The van der Waals surface area contributed by atoms with Crippen LogP contribution in [0.25, 0.3) is 17.0 Å². The fourth-order valence-corrected chi connectivity index (χ4v) is 6.40. The fourth-order valence-electron chi connectivity index (χ4n) is 4.74. The first kappa shape index (κ1) is 28.4. The molecular weight excluding hydrogens is 636 g/mol. The van der Waals surface area contributed by atoms with Gasteiger partial charge < -0.3 is 0 Å². The summed E-state index contributed by atoms with van der Waals surface area (Å²) in [5, 5.41) is 31.1. The number of hydrogen-bond donors (Lipinski definition) is 11. The number of fused-ring (bicyclic) bond motifs is 5. The minimum atomic E-state index is -5.28. The van der Waals surface area contributed by atoms with Crippen LogP contribution in [0.1, 0.15) is 5.76 Å². The quantitative estimate of drug-likeness (QED) is 0.126. The van der Waals surface area contributed by atoms with Crippen LogP contribution >= 0.6 is 16.3 Å². The number of anilines is 2. The van der Waals surface area contributed by atoms with E-state index in [0.717, 1.165) is 10.9 Å². The summed E-state index contributed by atoms with van der Waals surface area (Å²) in [6.45, 7) is -0.309. The number of furan rings is 1. The molecule has 1 unspecified atom stereocenters. The maximum absolute atomic E-state index is 12.3. The summed E-state index contributed by atoms with van der Waals surface area (Å²) >= 11 is 0. The Bertz CT molecular complexity index is 1820. The van der Waals surface area contributed by atoms with Crippen molar-refractivity contribution in [2.24, 2.45) is 0 Å². The third kappa shape index (κ3) is 4.79. The van der Waals surface area contributed by atoms with E-state index in [2.05, 4.69) is 30.9 Å². The van der Waals surface area contributed by atoms with E-state index in [0.29, 0.717) is 18.6 Å². The number of aromatic amines is 1. The van der Waals surface area contributed by atoms with Crippen molar-refractivity contribution in [2.45, 2.75) is 18.9 Å². The molecule has 0 spiro atoms. The van der Waals surface area contributed by atoms with Crippen LogP contribution in [0, 0.1) is 0 Å². The zero-order chi connectivity index (χ0) is 31.0. The van der Waals surface area contributed by atoms with E-state index in [1.165, 1.54) is 0 Å². The van der Waals surface area contributed by atoms with Crippen LogP contribution < -0.4 is 36.7 Å². The number of nitrogens with zero attached hydrogens (tertiary/aromatic N) is 4. The molecule has 0 aromatic carbocycles. The molecule has 2 atom stereocenters. The number of hydrogen-bond acceptors (Lipinski definition) is 20. The molecule has 0 saturated carbocycles. The topological polar surface area (TPSA) is 310 Å². The van der Waals surface area contributed by atoms with Crippen LogP contribution in [0.5, 0.6) is 11.5 Å². The standard InChI is InChI=1S/C20H25N9O13P2/c21-20-26-16-10(17(32)27-20)25-6-29(16)19-14-11(30)8(39-19)2-37-43(33,34)41-13-9(3-38-44(35,36)42-14)40-18(12(13)31)28-5-24-7-1-22-4-23-15(7)28/h1-2,6,11,15,22-24,30-31,33-36,43-44H,3-5H2,(H3,21,26,27,32)/b8-2+/t11-,15?/m1/s1. The van der Waals surface area contributed by atoms with Gasteiger partial charge in [0.05, 0.1) is 0 Å². The molecule has 24 heteroatoms. The molecule has 2 bridgehead atoms. The van der Waals surface area contributed by atoms with Gasteiger partial charge in [-0.3, -0.25) is 0 Å². The Morgan fingerprint density at radius 2 is 1.98 bits per heavy atom. The van der Waals surface area contributed by atoms with Crippen molar-refractivity contribution < 1.29 is 57.0 Å². The Balaban J connectivity index is 1.28. The zero-order valence-corrected chi connectivity index (χ0v) is 23.9. The maximum atomic E-state index is 12.3. The minimum absolute atomic E-state index is 0.151. The molecule has 0 radical (unpaired) electrons. The molecule has 44 heavy (non-hydrogen) atoms. The number of aliphatic hydroxyl groups is 1. The van der Waals surface area contributed by atoms with E-state index in [9.17, 15) is 34.6 Å². The van der Waals surface area contributed by atoms with Crippen molar-refractivity contribution in [3.8, 4) is 11.5 Å². The fraction of sp³-hybridized carbons (Fsp3) is 0.250. The summed E-state index contributed by atoms with van der Waals surface area (Å²) in [4.78, 5) is 66.8. The van der Waals surface area contributed by atoms with Crippen LogP contribution in [-0.4, -0.2) is 74.9 Å². The summed E-state index contributed by atoms with van der Waals surface area (Å²) in [5.41, 5.74) is 5.30. The SMILES string of the molecule is Nc1nc2c(ncn2C2=C3O[PH](O)(O)OCc4oc(N5CNC6=CNCNC65)c(O)c4O[PH](O)(O)O/C=C(/O2)[C@H]3O)c(=O)[nH]1. The third-order valence-electron chi connectivity index (χ3n) is 6.65. The van der Waals surface area contributed by atoms with Gasteiger partial charge in [0.1, 0.15) is 0 Å². The van der Waals surface area contributed by atoms with Crippen molar-refractivity contribution >= 4 is 45.2 Å². The van der Waals surface area contributed by atoms with Gasteiger partial charge in [-0.05, 0) is 0 Å². The van der Waals surface area contributed by atoms with E-state index in [-0.39, 0.29) is 29.7 Å². The summed E-state index contributed by atoms with van der Waals surface area (Å²) in [5.74, 6) is -3.89. The number of H-pyrrole nitrogens is 1. The predicted octanol–water partition coefficient (Wildman–Crippen LogP) is -2.52. The number of rotatable bonds is 2. The van der Waals surface area contributed by atoms with Gasteiger partial charge >= 0.3 is 244 Å². The van der Waals surface area contributed by atoms with Gasteiger partial charge in [-0.25, -0.2) is 0 Å². The molecule has 1 fully saturated rings. The average molecular weight is 661 g/mol. The molecule has 0 amide bonds. The zero-order valence-electron chi connectivity index (χ0n) is 21.9. The van der Waals surface area contributed by atoms with Crippen LogP contribution in [0.4, 0.5) is 11.8 Å². The Morgan fingerprint density at radius 1 is 1.16 bits per heavy atom. The summed E-state index contributed by atoms with van der Waals surface area (Å²) < 4.78 is 33.1. The number of aromatic hydroxyl groups is 1. The van der Waals surface area contributed by atoms with Gasteiger partial charge in [0.25, 0.3) is 0 Å². The van der Waals surface area contributed by atoms with Crippen molar-refractivity contribution in [3.05, 3.63) is 52.1 Å². The number of aliphatic hydroxyl groups excluding tert-OH is 1. The Hall–Kier alpha value is -4.37. The van der Waals surface area contributed by atoms with Gasteiger partial charge in [-0.2, -0.15) is 0 Å². The van der Waals surface area contributed by atoms with Crippen LogP contribution in [-0.2, 0) is 24.9 Å². The van der Waals surface area contributed by atoms with Crippen molar-refractivity contribution in [3.63, 3.8) is 0 Å². The van der Waals surface area contributed by atoms with Crippen molar-refractivity contribution in [1.29, 1.82) is 0 Å². The van der Waals surface area contributed by atoms with E-state index >= 15 is 0 Å². The van der Waals surface area contributed by atoms with E-state index in [4.69, 9.17) is 33.0 Å². The molecule has 4 aliphatic heterocycles. The molecule has 1 saturated heterocycles. The molecule has 4 aliphatic rings. The van der Waals surface area contributed by atoms with Crippen LogP contribution in [0.2, 0.25) is 0 Å². The number of ether oxygens (including phenoxy) is 1. The van der Waals surface area contributed by atoms with Gasteiger partial charge in [0, 0.05) is 0 Å². The molecule has 22 nitrogen and oxygen atoms in total. The summed E-state index contributed by atoms with van der Waals surface area (Å²) in [7, 11) is -10.5. The average Bonchev–Trinajstić information content (AvgIpc) is 3.72. The van der Waals surface area contributed by atoms with Gasteiger partial charge in [-0.1, -0.05) is 0 Å². The number of imidazole rings is 1. The second kappa shape index (κ2) is 10.1. The first-order valence-electron chi connectivity index (χ1n) is 12.6. The number of nitrogen functional groups attached to an aromatic ring is 1. The van der Waals surface area contributed by atoms with Crippen LogP contribution in [0.15, 0.2) is 45.2 Å². The van der Waals surface area contributed by atoms with E-state index < -0.39 is 75.4 Å². The summed E-state index contributed by atoms with van der Waals surface area (Å²) in [6.07, 6.45) is 0.934. The number of aromatic nitrogens is 4. The van der Waals surface area contributed by atoms with Crippen molar-refractivity contribution in [2.75, 3.05) is 24.0 Å². The molecule has 0 aliphatic carbocycles. The first-order chi connectivity index (χ1) is 20.9. The normalized spacial score (nSPS) is 26.7. The van der Waals surface area contributed by atoms with E-state index in [1.807, 2.05) is 0 Å². The number of nitrogens with one attached hydrogen (secondary N) is 4. The second-order valence-electron chi connectivity index (χ2n) is 9.54. The molecule has 7 rings (SSSR count). The molecule has 12 N–H and O–H groups in total. The van der Waals surface area contributed by atoms with Gasteiger partial charge in [-0.15, -0.1) is 0 Å². The Labute approximate surface area is 244 Å². The molecule has 7 heterocycles. The second-order valence-corrected chi connectivity index (χ2v) is 12.7. The molecule has 3 aromatic heterocycles. The van der Waals surface area contributed by atoms with Crippen LogP contribution in [0.3, 0.4) is 0 Å². The first-order valence-corrected chi connectivity index (χ1v) is 16.0. The van der Waals surface area contributed by atoms with Crippen molar-refractivity contribution in [1.82, 2.24) is 35.5 Å². The molecular formula is C20H25N9O13P2.